The average molecular weight is 540 g/mol. The van der Waals surface area contributed by atoms with E-state index in [1.54, 1.807) is 0 Å². The summed E-state index contributed by atoms with van der Waals surface area (Å²) in [7, 11) is 0. The Morgan fingerprint density at radius 3 is 2.02 bits per heavy atom. The molecule has 0 saturated heterocycles. The molecule has 0 saturated carbocycles. The summed E-state index contributed by atoms with van der Waals surface area (Å²) in [6.45, 7) is 0. The van der Waals surface area contributed by atoms with E-state index in [-0.39, 0.29) is 6.04 Å². The lowest BCUT2D eigenvalue weighted by molar-refractivity contribution is 0.665. The number of nitrogens with zero attached hydrogens (tertiary/aromatic N) is 2. The maximum Gasteiger partial charge on any atom is 0.159 e. The largest absolute Gasteiger partial charge is 0.454 e. The van der Waals surface area contributed by atoms with Crippen LogP contribution in [0.3, 0.4) is 0 Å². The van der Waals surface area contributed by atoms with Gasteiger partial charge < -0.3 is 14.3 Å². The number of furan rings is 1. The van der Waals surface area contributed by atoms with Crippen LogP contribution >= 0.6 is 0 Å². The summed E-state index contributed by atoms with van der Waals surface area (Å²) in [5.41, 5.74) is 9.49. The van der Waals surface area contributed by atoms with Crippen LogP contribution in [0.1, 0.15) is 22.7 Å². The molecule has 0 amide bonds. The molecule has 4 heteroatoms. The standard InChI is InChI=1S/C38H25N3O/c1-2-12-24(13-3-1)38-39-30-19-7-4-16-27(30)36(40-38)28-17-11-23-34-35(28)29-18-10-22-33(37(29)42-34)41-31-20-8-5-14-25(31)26-15-6-9-21-32(26)41/h1-23,36H,(H,39,40). The van der Waals surface area contributed by atoms with Gasteiger partial charge in [0.15, 0.2) is 5.58 Å². The summed E-state index contributed by atoms with van der Waals surface area (Å²) < 4.78 is 9.09. The van der Waals surface area contributed by atoms with Gasteiger partial charge in [-0.05, 0) is 35.9 Å². The van der Waals surface area contributed by atoms with Crippen molar-refractivity contribution in [3.8, 4) is 5.69 Å². The van der Waals surface area contributed by atoms with Gasteiger partial charge in [-0.25, -0.2) is 4.99 Å². The van der Waals surface area contributed by atoms with E-state index in [4.69, 9.17) is 9.41 Å². The van der Waals surface area contributed by atoms with Gasteiger partial charge in [-0.2, -0.15) is 0 Å². The molecule has 9 rings (SSSR count). The molecule has 0 radical (unpaired) electrons. The molecule has 6 aromatic carbocycles. The summed E-state index contributed by atoms with van der Waals surface area (Å²) >= 11 is 0. The van der Waals surface area contributed by atoms with Crippen LogP contribution in [0, 0.1) is 0 Å². The second-order valence-electron chi connectivity index (χ2n) is 10.8. The lowest BCUT2D eigenvalue weighted by Gasteiger charge is -2.28. The first-order chi connectivity index (χ1) is 20.8. The highest BCUT2D eigenvalue weighted by Gasteiger charge is 2.27. The second-order valence-corrected chi connectivity index (χ2v) is 10.8. The number of benzene rings is 6. The highest BCUT2D eigenvalue weighted by Crippen LogP contribution is 2.43. The summed E-state index contributed by atoms with van der Waals surface area (Å²) in [5.74, 6) is 0.870. The fourth-order valence-corrected chi connectivity index (χ4v) is 6.65. The molecule has 8 aromatic rings. The van der Waals surface area contributed by atoms with E-state index in [9.17, 15) is 0 Å². The quantitative estimate of drug-likeness (QED) is 0.243. The van der Waals surface area contributed by atoms with Crippen LogP contribution in [0.25, 0.3) is 49.4 Å². The molecule has 1 N–H and O–H groups in total. The van der Waals surface area contributed by atoms with Crippen molar-refractivity contribution in [3.63, 3.8) is 0 Å². The number of hydrogen-bond donors (Lipinski definition) is 1. The van der Waals surface area contributed by atoms with Crippen molar-refractivity contribution in [2.45, 2.75) is 6.04 Å². The first-order valence-electron chi connectivity index (χ1n) is 14.3. The predicted molar refractivity (Wildman–Crippen MR) is 172 cm³/mol. The molecule has 1 unspecified atom stereocenters. The Morgan fingerprint density at radius 2 is 1.21 bits per heavy atom. The smallest absolute Gasteiger partial charge is 0.159 e. The van der Waals surface area contributed by atoms with Gasteiger partial charge in [0.25, 0.3) is 0 Å². The molecular formula is C38H25N3O. The maximum atomic E-state index is 6.76. The molecule has 3 heterocycles. The third-order valence-corrected chi connectivity index (χ3v) is 8.47. The van der Waals surface area contributed by atoms with Crippen LogP contribution in [0.5, 0.6) is 0 Å². The zero-order chi connectivity index (χ0) is 27.6. The van der Waals surface area contributed by atoms with Gasteiger partial charge in [0.2, 0.25) is 0 Å². The summed E-state index contributed by atoms with van der Waals surface area (Å²) in [5, 5.41) is 8.47. The van der Waals surface area contributed by atoms with Crippen molar-refractivity contribution >= 4 is 55.3 Å². The third-order valence-electron chi connectivity index (χ3n) is 8.47. The van der Waals surface area contributed by atoms with Crippen molar-refractivity contribution < 1.29 is 4.42 Å². The Morgan fingerprint density at radius 1 is 0.571 bits per heavy atom. The Balaban J connectivity index is 1.30. The van der Waals surface area contributed by atoms with Crippen molar-refractivity contribution in [1.82, 2.24) is 9.88 Å². The number of aliphatic imine (C=N–C) groups is 1. The minimum absolute atomic E-state index is 0.0877. The van der Waals surface area contributed by atoms with Crippen molar-refractivity contribution in [2.75, 3.05) is 0 Å². The van der Waals surface area contributed by atoms with E-state index in [2.05, 4.69) is 143 Å². The molecule has 1 aliphatic rings. The fourth-order valence-electron chi connectivity index (χ4n) is 6.65. The molecule has 0 aliphatic carbocycles. The Hall–Kier alpha value is -5.61. The molecule has 0 spiro atoms. The molecule has 1 aliphatic heterocycles. The van der Waals surface area contributed by atoms with Crippen LogP contribution in [0.2, 0.25) is 0 Å². The van der Waals surface area contributed by atoms with Gasteiger partial charge in [0.1, 0.15) is 11.4 Å². The van der Waals surface area contributed by atoms with Crippen LogP contribution in [-0.4, -0.2) is 10.4 Å². The summed E-state index contributed by atoms with van der Waals surface area (Å²) in [4.78, 5) is 5.01. The minimum Gasteiger partial charge on any atom is -0.454 e. The van der Waals surface area contributed by atoms with E-state index in [0.717, 1.165) is 50.3 Å². The normalized spacial score (nSPS) is 14.8. The number of para-hydroxylation sites is 4. The van der Waals surface area contributed by atoms with Gasteiger partial charge in [-0.1, -0.05) is 109 Å². The molecule has 198 valence electrons. The van der Waals surface area contributed by atoms with E-state index >= 15 is 0 Å². The third kappa shape index (κ3) is 3.32. The monoisotopic (exact) mass is 539 g/mol. The van der Waals surface area contributed by atoms with E-state index in [1.165, 1.54) is 27.4 Å². The van der Waals surface area contributed by atoms with Gasteiger partial charge >= 0.3 is 0 Å². The number of nitrogens with one attached hydrogen (secondary N) is 1. The van der Waals surface area contributed by atoms with Crippen LogP contribution < -0.4 is 5.32 Å². The van der Waals surface area contributed by atoms with Gasteiger partial charge in [0, 0.05) is 32.7 Å². The number of amidine groups is 1. The van der Waals surface area contributed by atoms with Gasteiger partial charge in [0.05, 0.1) is 28.5 Å². The summed E-state index contributed by atoms with van der Waals surface area (Å²) in [6.07, 6.45) is 0. The molecule has 2 aromatic heterocycles. The minimum atomic E-state index is -0.0877. The number of rotatable bonds is 3. The maximum absolute atomic E-state index is 6.76. The van der Waals surface area contributed by atoms with E-state index in [1.807, 2.05) is 6.07 Å². The first kappa shape index (κ1) is 23.1. The van der Waals surface area contributed by atoms with Gasteiger partial charge in [-0.3, -0.25) is 0 Å². The highest BCUT2D eigenvalue weighted by atomic mass is 16.3. The van der Waals surface area contributed by atoms with Crippen molar-refractivity contribution in [2.24, 2.45) is 4.99 Å². The first-order valence-corrected chi connectivity index (χ1v) is 14.3. The number of hydrogen-bond acceptors (Lipinski definition) is 3. The predicted octanol–water partition coefficient (Wildman–Crippen LogP) is 9.45. The molecule has 0 fully saturated rings. The van der Waals surface area contributed by atoms with Crippen molar-refractivity contribution in [1.29, 1.82) is 0 Å². The number of aromatic nitrogens is 1. The van der Waals surface area contributed by atoms with Crippen LogP contribution in [0.4, 0.5) is 5.69 Å². The summed E-state index contributed by atoms with van der Waals surface area (Å²) in [6, 6.07) is 48.7. The molecule has 0 bridgehead atoms. The lowest BCUT2D eigenvalue weighted by atomic mass is 9.91. The average Bonchev–Trinajstić information content (AvgIpc) is 3.61. The SMILES string of the molecule is c1ccc(C2=Nc3ccccc3C(c3cccc4oc5c(-n6c7ccccc7c7ccccc76)cccc5c34)N2)cc1. The fraction of sp³-hybridized carbons (Fsp3) is 0.0263. The Bertz CT molecular complexity index is 2290. The van der Waals surface area contributed by atoms with Crippen LogP contribution in [-0.2, 0) is 0 Å². The lowest BCUT2D eigenvalue weighted by Crippen LogP contribution is -2.32. The van der Waals surface area contributed by atoms with Gasteiger partial charge in [-0.15, -0.1) is 0 Å². The molecule has 42 heavy (non-hydrogen) atoms. The molecule has 4 nitrogen and oxygen atoms in total. The van der Waals surface area contributed by atoms with E-state index in [0.29, 0.717) is 0 Å². The topological polar surface area (TPSA) is 42.5 Å². The highest BCUT2D eigenvalue weighted by molar-refractivity contribution is 6.13. The van der Waals surface area contributed by atoms with E-state index < -0.39 is 0 Å². The van der Waals surface area contributed by atoms with Crippen LogP contribution in [0.15, 0.2) is 149 Å². The zero-order valence-corrected chi connectivity index (χ0v) is 22.7. The van der Waals surface area contributed by atoms with Crippen molar-refractivity contribution in [3.05, 3.63) is 156 Å². The molecular weight excluding hydrogens is 514 g/mol. The Labute approximate surface area is 242 Å². The zero-order valence-electron chi connectivity index (χ0n) is 22.7. The number of fused-ring (bicyclic) bond motifs is 7. The Kier molecular flexibility index (Phi) is 4.93. The molecule has 1 atom stereocenters. The second kappa shape index (κ2) is 8.95.